The third-order valence-electron chi connectivity index (χ3n) is 3.64. The van der Waals surface area contributed by atoms with Crippen LogP contribution in [-0.2, 0) is 4.79 Å². The summed E-state index contributed by atoms with van der Waals surface area (Å²) < 4.78 is 0. The maximum absolute atomic E-state index is 12.0. The number of rotatable bonds is 5. The first-order valence-electron chi connectivity index (χ1n) is 7.21. The minimum atomic E-state index is -0.00965. The molecule has 0 saturated carbocycles. The van der Waals surface area contributed by atoms with Gasteiger partial charge in [-0.1, -0.05) is 36.4 Å². The van der Waals surface area contributed by atoms with Crippen molar-refractivity contribution in [3.05, 3.63) is 65.2 Å². The van der Waals surface area contributed by atoms with E-state index >= 15 is 0 Å². The van der Waals surface area contributed by atoms with E-state index in [4.69, 9.17) is 0 Å². The summed E-state index contributed by atoms with van der Waals surface area (Å²) in [6.07, 6.45) is 0. The molecule has 2 rings (SSSR count). The van der Waals surface area contributed by atoms with Crippen LogP contribution in [0.4, 0.5) is 5.69 Å². The third kappa shape index (κ3) is 4.35. The summed E-state index contributed by atoms with van der Waals surface area (Å²) in [6, 6.07) is 16.1. The molecule has 3 heteroatoms. The molecule has 3 nitrogen and oxygen atoms in total. The number of carbonyl (C=O) groups excluding carboxylic acids is 1. The van der Waals surface area contributed by atoms with Crippen LogP contribution in [0.25, 0.3) is 0 Å². The van der Waals surface area contributed by atoms with Gasteiger partial charge in [0.05, 0.1) is 12.6 Å². The number of hydrogen-bond donors (Lipinski definition) is 2. The van der Waals surface area contributed by atoms with Gasteiger partial charge in [-0.2, -0.15) is 0 Å². The molecule has 1 amide bonds. The summed E-state index contributed by atoms with van der Waals surface area (Å²) in [6.45, 7) is 6.41. The molecule has 0 heterocycles. The minimum Gasteiger partial charge on any atom is -0.376 e. The number of nitrogens with one attached hydrogen (secondary N) is 2. The van der Waals surface area contributed by atoms with E-state index in [9.17, 15) is 4.79 Å². The molecule has 0 radical (unpaired) electrons. The largest absolute Gasteiger partial charge is 0.376 e. The number of benzene rings is 2. The predicted octanol–water partition coefficient (Wildman–Crippen LogP) is 3.59. The highest BCUT2D eigenvalue weighted by Crippen LogP contribution is 2.14. The van der Waals surface area contributed by atoms with Crippen LogP contribution >= 0.6 is 0 Å². The number of carbonyl (C=O) groups is 1. The summed E-state index contributed by atoms with van der Waals surface area (Å²) in [7, 11) is 0. The molecular weight excluding hydrogens is 260 g/mol. The average molecular weight is 282 g/mol. The lowest BCUT2D eigenvalue weighted by Gasteiger charge is -2.15. The van der Waals surface area contributed by atoms with Crippen molar-refractivity contribution in [1.82, 2.24) is 5.32 Å². The summed E-state index contributed by atoms with van der Waals surface area (Å²) in [4.78, 5) is 12.0. The lowest BCUT2D eigenvalue weighted by Crippen LogP contribution is -2.32. The third-order valence-corrected chi connectivity index (χ3v) is 3.64. The van der Waals surface area contributed by atoms with Crippen LogP contribution in [0.3, 0.4) is 0 Å². The van der Waals surface area contributed by atoms with E-state index in [-0.39, 0.29) is 18.5 Å². The molecule has 0 bridgehead atoms. The van der Waals surface area contributed by atoms with Gasteiger partial charge in [-0.15, -0.1) is 0 Å². The summed E-state index contributed by atoms with van der Waals surface area (Å²) in [5, 5.41) is 6.15. The van der Waals surface area contributed by atoms with Gasteiger partial charge in [0.1, 0.15) is 0 Å². The molecule has 0 aliphatic carbocycles. The fourth-order valence-corrected chi connectivity index (χ4v) is 2.15. The highest BCUT2D eigenvalue weighted by atomic mass is 16.1. The zero-order valence-electron chi connectivity index (χ0n) is 12.8. The number of anilines is 1. The van der Waals surface area contributed by atoms with Gasteiger partial charge in [-0.3, -0.25) is 4.79 Å². The standard InChI is InChI=1S/C18H22N2O/c1-13-9-10-17(11-14(13)2)19-12-18(21)20-15(3)16-7-5-4-6-8-16/h4-11,15,19H,12H2,1-3H3,(H,20,21). The first-order chi connectivity index (χ1) is 10.1. The Morgan fingerprint density at radius 2 is 1.76 bits per heavy atom. The molecule has 2 aromatic carbocycles. The van der Waals surface area contributed by atoms with Crippen LogP contribution in [0.2, 0.25) is 0 Å². The monoisotopic (exact) mass is 282 g/mol. The van der Waals surface area contributed by atoms with E-state index in [1.165, 1.54) is 11.1 Å². The second-order valence-electron chi connectivity index (χ2n) is 5.35. The highest BCUT2D eigenvalue weighted by Gasteiger charge is 2.08. The summed E-state index contributed by atoms with van der Waals surface area (Å²) in [5.74, 6) is -0.00965. The normalized spacial score (nSPS) is 11.8. The predicted molar refractivity (Wildman–Crippen MR) is 87.4 cm³/mol. The molecule has 0 aliphatic heterocycles. The van der Waals surface area contributed by atoms with E-state index in [2.05, 4.69) is 36.6 Å². The number of amides is 1. The lowest BCUT2D eigenvalue weighted by molar-refractivity contribution is -0.120. The van der Waals surface area contributed by atoms with E-state index < -0.39 is 0 Å². The Morgan fingerprint density at radius 1 is 1.05 bits per heavy atom. The first kappa shape index (κ1) is 15.1. The average Bonchev–Trinajstić information content (AvgIpc) is 2.49. The first-order valence-corrected chi connectivity index (χ1v) is 7.21. The van der Waals surface area contributed by atoms with Crippen LogP contribution in [0.1, 0.15) is 29.7 Å². The Bertz CT molecular complexity index is 608. The van der Waals surface area contributed by atoms with Crippen LogP contribution < -0.4 is 10.6 Å². The zero-order valence-corrected chi connectivity index (χ0v) is 12.8. The molecular formula is C18H22N2O. The van der Waals surface area contributed by atoms with Gasteiger partial charge in [-0.25, -0.2) is 0 Å². The fourth-order valence-electron chi connectivity index (χ4n) is 2.15. The Morgan fingerprint density at radius 3 is 2.43 bits per heavy atom. The van der Waals surface area contributed by atoms with E-state index in [0.29, 0.717) is 0 Å². The van der Waals surface area contributed by atoms with Crippen molar-refractivity contribution >= 4 is 11.6 Å². The van der Waals surface area contributed by atoms with Gasteiger partial charge in [0.25, 0.3) is 0 Å². The van der Waals surface area contributed by atoms with E-state index in [1.807, 2.05) is 43.3 Å². The van der Waals surface area contributed by atoms with Crippen LogP contribution in [0.5, 0.6) is 0 Å². The smallest absolute Gasteiger partial charge is 0.239 e. The SMILES string of the molecule is Cc1ccc(NCC(=O)NC(C)c2ccccc2)cc1C. The molecule has 0 saturated heterocycles. The van der Waals surface area contributed by atoms with Crippen LogP contribution in [0, 0.1) is 13.8 Å². The summed E-state index contributed by atoms with van der Waals surface area (Å²) in [5.41, 5.74) is 4.55. The van der Waals surface area contributed by atoms with Gasteiger partial charge in [0, 0.05) is 5.69 Å². The molecule has 0 aliphatic rings. The minimum absolute atomic E-state index is 0.00965. The van der Waals surface area contributed by atoms with Crippen molar-refractivity contribution in [2.75, 3.05) is 11.9 Å². The van der Waals surface area contributed by atoms with Gasteiger partial charge in [0.15, 0.2) is 0 Å². The fraction of sp³-hybridized carbons (Fsp3) is 0.278. The van der Waals surface area contributed by atoms with Crippen molar-refractivity contribution in [2.45, 2.75) is 26.8 Å². The van der Waals surface area contributed by atoms with Crippen LogP contribution in [0.15, 0.2) is 48.5 Å². The maximum atomic E-state index is 12.0. The van der Waals surface area contributed by atoms with Gasteiger partial charge in [-0.05, 0) is 49.6 Å². The second kappa shape index (κ2) is 6.93. The van der Waals surface area contributed by atoms with Crippen molar-refractivity contribution in [3.8, 4) is 0 Å². The highest BCUT2D eigenvalue weighted by molar-refractivity contribution is 5.81. The summed E-state index contributed by atoms with van der Waals surface area (Å²) >= 11 is 0. The Balaban J connectivity index is 1.86. The molecule has 0 spiro atoms. The van der Waals surface area contributed by atoms with Crippen molar-refractivity contribution in [2.24, 2.45) is 0 Å². The second-order valence-corrected chi connectivity index (χ2v) is 5.35. The molecule has 1 unspecified atom stereocenters. The molecule has 0 aromatic heterocycles. The van der Waals surface area contributed by atoms with Crippen LogP contribution in [-0.4, -0.2) is 12.5 Å². The number of aryl methyl sites for hydroxylation is 2. The van der Waals surface area contributed by atoms with E-state index in [1.54, 1.807) is 0 Å². The van der Waals surface area contributed by atoms with E-state index in [0.717, 1.165) is 11.3 Å². The molecule has 1 atom stereocenters. The maximum Gasteiger partial charge on any atom is 0.239 e. The quantitative estimate of drug-likeness (QED) is 0.880. The topological polar surface area (TPSA) is 41.1 Å². The molecule has 0 fully saturated rings. The Labute approximate surface area is 126 Å². The number of hydrogen-bond acceptors (Lipinski definition) is 2. The van der Waals surface area contributed by atoms with Crippen molar-refractivity contribution in [3.63, 3.8) is 0 Å². The van der Waals surface area contributed by atoms with Crippen molar-refractivity contribution < 1.29 is 4.79 Å². The molecule has 2 aromatic rings. The molecule has 110 valence electrons. The zero-order chi connectivity index (χ0) is 15.2. The Hall–Kier alpha value is -2.29. The van der Waals surface area contributed by atoms with Gasteiger partial charge >= 0.3 is 0 Å². The van der Waals surface area contributed by atoms with Crippen molar-refractivity contribution in [1.29, 1.82) is 0 Å². The van der Waals surface area contributed by atoms with Gasteiger partial charge in [0.2, 0.25) is 5.91 Å². The Kier molecular flexibility index (Phi) is 4.99. The lowest BCUT2D eigenvalue weighted by atomic mass is 10.1. The molecule has 2 N–H and O–H groups in total. The molecule has 21 heavy (non-hydrogen) atoms. The van der Waals surface area contributed by atoms with Gasteiger partial charge < -0.3 is 10.6 Å².